The summed E-state index contributed by atoms with van der Waals surface area (Å²) in [6.45, 7) is 1.66. The van der Waals surface area contributed by atoms with Gasteiger partial charge in [0.1, 0.15) is 11.8 Å². The van der Waals surface area contributed by atoms with Crippen LogP contribution in [-0.4, -0.2) is 34.3 Å². The average molecular weight is 271 g/mol. The third-order valence-corrected chi connectivity index (χ3v) is 3.91. The van der Waals surface area contributed by atoms with Gasteiger partial charge in [-0.25, -0.2) is 0 Å². The van der Waals surface area contributed by atoms with Crippen LogP contribution in [0.1, 0.15) is 40.5 Å². The maximum Gasteiger partial charge on any atom is 0.262 e. The number of amides is 2. The minimum Gasteiger partial charge on any atom is -0.300 e. The molecule has 2 atom stereocenters. The fourth-order valence-corrected chi connectivity index (χ4v) is 2.88. The van der Waals surface area contributed by atoms with E-state index in [4.69, 9.17) is 0 Å². The van der Waals surface area contributed by atoms with E-state index in [1.807, 2.05) is 0 Å². The summed E-state index contributed by atoms with van der Waals surface area (Å²) in [4.78, 5) is 49.4. The van der Waals surface area contributed by atoms with Crippen molar-refractivity contribution < 1.29 is 19.2 Å². The van der Waals surface area contributed by atoms with Crippen LogP contribution in [0.15, 0.2) is 24.3 Å². The molecule has 0 aromatic heterocycles. The van der Waals surface area contributed by atoms with Crippen molar-refractivity contribution in [1.82, 2.24) is 4.90 Å². The maximum atomic E-state index is 12.3. The van der Waals surface area contributed by atoms with Crippen molar-refractivity contribution in [3.8, 4) is 0 Å². The predicted molar refractivity (Wildman–Crippen MR) is 69.1 cm³/mol. The number of benzene rings is 1. The number of fused-ring (bicyclic) bond motifs is 1. The molecule has 20 heavy (non-hydrogen) atoms. The number of imide groups is 1. The highest BCUT2D eigenvalue weighted by Crippen LogP contribution is 2.30. The molecule has 5 nitrogen and oxygen atoms in total. The molecule has 0 saturated heterocycles. The van der Waals surface area contributed by atoms with Crippen LogP contribution in [0.5, 0.6) is 0 Å². The van der Waals surface area contributed by atoms with Crippen LogP contribution in [0.2, 0.25) is 0 Å². The molecule has 1 aliphatic carbocycles. The highest BCUT2D eigenvalue weighted by Gasteiger charge is 2.46. The quantitative estimate of drug-likeness (QED) is 0.720. The second-order valence-electron chi connectivity index (χ2n) is 5.29. The smallest absolute Gasteiger partial charge is 0.262 e. The van der Waals surface area contributed by atoms with Crippen LogP contribution in [-0.2, 0) is 9.59 Å². The molecule has 1 aromatic carbocycles. The van der Waals surface area contributed by atoms with Gasteiger partial charge >= 0.3 is 0 Å². The molecule has 1 fully saturated rings. The van der Waals surface area contributed by atoms with E-state index in [1.165, 1.54) is 0 Å². The van der Waals surface area contributed by atoms with Gasteiger partial charge < -0.3 is 0 Å². The molecule has 1 saturated carbocycles. The molecule has 1 aromatic rings. The zero-order chi connectivity index (χ0) is 14.4. The maximum absolute atomic E-state index is 12.3. The van der Waals surface area contributed by atoms with Gasteiger partial charge in [0.25, 0.3) is 11.8 Å². The van der Waals surface area contributed by atoms with E-state index < -0.39 is 23.8 Å². The zero-order valence-electron chi connectivity index (χ0n) is 11.0. The van der Waals surface area contributed by atoms with Crippen LogP contribution in [0.3, 0.4) is 0 Å². The van der Waals surface area contributed by atoms with Gasteiger partial charge in [-0.2, -0.15) is 0 Å². The van der Waals surface area contributed by atoms with E-state index in [0.717, 1.165) is 4.90 Å². The molecule has 2 aliphatic rings. The van der Waals surface area contributed by atoms with E-state index >= 15 is 0 Å². The summed E-state index contributed by atoms with van der Waals surface area (Å²) in [6.07, 6.45) is 0.132. The first-order chi connectivity index (χ1) is 9.50. The third kappa shape index (κ3) is 1.70. The normalized spacial score (nSPS) is 26.1. The fourth-order valence-electron chi connectivity index (χ4n) is 2.88. The number of hydrogen-bond acceptors (Lipinski definition) is 4. The van der Waals surface area contributed by atoms with Gasteiger partial charge in [0.2, 0.25) is 0 Å². The Kier molecular flexibility index (Phi) is 2.78. The summed E-state index contributed by atoms with van der Waals surface area (Å²) in [5.74, 6) is -1.69. The number of carbonyl (C=O) groups is 4. The summed E-state index contributed by atoms with van der Waals surface area (Å²) in [7, 11) is 0. The molecule has 0 N–H and O–H groups in total. The SMILES string of the molecule is CC1CC(=O)CC(N2C(=O)c3ccccc3C2=O)C1=O. The van der Waals surface area contributed by atoms with E-state index in [2.05, 4.69) is 0 Å². The van der Waals surface area contributed by atoms with Crippen molar-refractivity contribution in [2.24, 2.45) is 5.92 Å². The van der Waals surface area contributed by atoms with Crippen LogP contribution in [0, 0.1) is 5.92 Å². The van der Waals surface area contributed by atoms with Crippen molar-refractivity contribution in [3.63, 3.8) is 0 Å². The van der Waals surface area contributed by atoms with E-state index in [1.54, 1.807) is 31.2 Å². The van der Waals surface area contributed by atoms with Crippen LogP contribution < -0.4 is 0 Å². The molecule has 0 bridgehead atoms. The van der Waals surface area contributed by atoms with Gasteiger partial charge in [0, 0.05) is 18.8 Å². The number of rotatable bonds is 1. The van der Waals surface area contributed by atoms with Crippen molar-refractivity contribution in [3.05, 3.63) is 35.4 Å². The molecule has 2 unspecified atom stereocenters. The summed E-state index contributed by atoms with van der Waals surface area (Å²) >= 11 is 0. The topological polar surface area (TPSA) is 71.5 Å². The lowest BCUT2D eigenvalue weighted by Gasteiger charge is -2.30. The van der Waals surface area contributed by atoms with Gasteiger partial charge in [0.05, 0.1) is 11.1 Å². The average Bonchev–Trinajstić information content (AvgIpc) is 2.67. The number of nitrogens with zero attached hydrogens (tertiary/aromatic N) is 1. The highest BCUT2D eigenvalue weighted by atomic mass is 16.2. The summed E-state index contributed by atoms with van der Waals surface area (Å²) < 4.78 is 0. The van der Waals surface area contributed by atoms with Crippen molar-refractivity contribution in [2.75, 3.05) is 0 Å². The first kappa shape index (κ1) is 12.7. The van der Waals surface area contributed by atoms with Crippen molar-refractivity contribution in [2.45, 2.75) is 25.8 Å². The molecule has 0 radical (unpaired) electrons. The highest BCUT2D eigenvalue weighted by molar-refractivity contribution is 6.23. The minimum atomic E-state index is -0.946. The van der Waals surface area contributed by atoms with Crippen molar-refractivity contribution >= 4 is 23.4 Å². The Morgan fingerprint density at radius 3 is 2.05 bits per heavy atom. The lowest BCUT2D eigenvalue weighted by Crippen LogP contribution is -2.50. The van der Waals surface area contributed by atoms with Gasteiger partial charge in [-0.1, -0.05) is 19.1 Å². The van der Waals surface area contributed by atoms with Crippen LogP contribution in [0.25, 0.3) is 0 Å². The number of Topliss-reactive ketones (excluding diaryl/α,β-unsaturated/α-hetero) is 2. The number of ketones is 2. The molecule has 3 rings (SSSR count). The molecule has 102 valence electrons. The zero-order valence-corrected chi connectivity index (χ0v) is 11.0. The Hall–Kier alpha value is -2.30. The molecule has 5 heteroatoms. The van der Waals surface area contributed by atoms with Gasteiger partial charge in [-0.15, -0.1) is 0 Å². The minimum absolute atomic E-state index is 0.0609. The van der Waals surface area contributed by atoms with Gasteiger partial charge in [-0.05, 0) is 12.1 Å². The molecule has 0 spiro atoms. The second kappa shape index (κ2) is 4.37. The van der Waals surface area contributed by atoms with Crippen LogP contribution in [0.4, 0.5) is 0 Å². The van der Waals surface area contributed by atoms with Crippen LogP contribution >= 0.6 is 0 Å². The Labute approximate surface area is 115 Å². The second-order valence-corrected chi connectivity index (χ2v) is 5.29. The van der Waals surface area contributed by atoms with Gasteiger partial charge in [-0.3, -0.25) is 24.1 Å². The molecule has 2 amide bonds. The summed E-state index contributed by atoms with van der Waals surface area (Å²) in [5, 5.41) is 0. The molecular formula is C15H13NO4. The summed E-state index contributed by atoms with van der Waals surface area (Å²) in [6, 6.07) is 5.52. The molecular weight excluding hydrogens is 258 g/mol. The lowest BCUT2D eigenvalue weighted by molar-refractivity contribution is -0.136. The third-order valence-electron chi connectivity index (χ3n) is 3.91. The molecule has 1 aliphatic heterocycles. The standard InChI is InChI=1S/C15H13NO4/c1-8-6-9(17)7-12(13(8)18)16-14(19)10-4-2-3-5-11(10)15(16)20/h2-5,8,12H,6-7H2,1H3. The Morgan fingerprint density at radius 1 is 0.950 bits per heavy atom. The monoisotopic (exact) mass is 271 g/mol. The Bertz CT molecular complexity index is 614. The Morgan fingerprint density at radius 2 is 1.50 bits per heavy atom. The van der Waals surface area contributed by atoms with Gasteiger partial charge in [0.15, 0.2) is 5.78 Å². The Balaban J connectivity index is 2.00. The van der Waals surface area contributed by atoms with E-state index in [-0.39, 0.29) is 24.4 Å². The van der Waals surface area contributed by atoms with Crippen molar-refractivity contribution in [1.29, 1.82) is 0 Å². The predicted octanol–water partition coefficient (Wildman–Crippen LogP) is 1.22. The first-order valence-corrected chi connectivity index (χ1v) is 6.53. The largest absolute Gasteiger partial charge is 0.300 e. The fraction of sp³-hybridized carbons (Fsp3) is 0.333. The summed E-state index contributed by atoms with van der Waals surface area (Å²) in [5.41, 5.74) is 0.604. The van der Waals surface area contributed by atoms with E-state index in [9.17, 15) is 19.2 Å². The lowest BCUT2D eigenvalue weighted by atomic mass is 9.84. The molecule has 1 heterocycles. The first-order valence-electron chi connectivity index (χ1n) is 6.53. The number of hydrogen-bond donors (Lipinski definition) is 0. The van der Waals surface area contributed by atoms with E-state index in [0.29, 0.717) is 11.1 Å². The number of carbonyl (C=O) groups excluding carboxylic acids is 4.